The summed E-state index contributed by atoms with van der Waals surface area (Å²) in [5, 5.41) is 13.4. The number of methoxy groups -OCH3 is 2. The molecule has 64 heavy (non-hydrogen) atoms. The molecule has 0 saturated heterocycles. The second kappa shape index (κ2) is 19.7. The van der Waals surface area contributed by atoms with Gasteiger partial charge in [-0.15, -0.1) is 12.4 Å². The molecular formula is C48H53ClN6O9. The Bertz CT molecular complexity index is 2860. The highest BCUT2D eigenvalue weighted by Crippen LogP contribution is 2.41. The molecule has 1 amide bonds. The van der Waals surface area contributed by atoms with Gasteiger partial charge >= 0.3 is 17.9 Å². The van der Waals surface area contributed by atoms with Crippen molar-refractivity contribution in [2.24, 2.45) is 17.6 Å². The molecule has 4 N–H and O–H groups in total. The number of halogens is 1. The third-order valence-corrected chi connectivity index (χ3v) is 12.8. The number of nitrogens with one attached hydrogen (secondary N) is 1. The van der Waals surface area contributed by atoms with Crippen molar-refractivity contribution in [2.75, 3.05) is 14.2 Å². The van der Waals surface area contributed by atoms with Crippen LogP contribution >= 0.6 is 12.4 Å². The molecule has 6 aromatic rings. The average molecular weight is 893 g/mol. The van der Waals surface area contributed by atoms with Crippen LogP contribution in [0.5, 0.6) is 0 Å². The summed E-state index contributed by atoms with van der Waals surface area (Å²) in [4.78, 5) is 81.8. The Hall–Kier alpha value is -6.19. The standard InChI is InChI=1S/C24H25N3O4.C16H12N2O3.C8H15NO2.ClH/c1-31-24(30)15-6-9-17(10-7-15)25-22(28)18-3-2-12-27-21(18)26-20-11-8-16(14-4-5-14)13-19(20)23(27)29;19-15-12-8-10(9-3-4-9)5-6-13(12)17-14-11(16(20)21)2-1-7-18(14)15;1-11-8(10)6-2-4-7(9)5-3-6;/h2-3,8,11-15,17H,4-7,9-10H2,1H3,(H,25,28);1-2,5-9H,3-4H2,(H,20,21);6-7H,2-5,9H2,1H3;1H. The van der Waals surface area contributed by atoms with E-state index in [1.165, 1.54) is 47.5 Å². The van der Waals surface area contributed by atoms with Gasteiger partial charge in [0.15, 0.2) is 11.3 Å². The normalized spacial score (nSPS) is 20.5. The van der Waals surface area contributed by atoms with Crippen LogP contribution in [0.1, 0.15) is 121 Å². The maximum absolute atomic E-state index is 13.1. The van der Waals surface area contributed by atoms with Gasteiger partial charge in [0, 0.05) is 24.5 Å². The quantitative estimate of drug-likeness (QED) is 0.113. The molecule has 0 aliphatic heterocycles. The molecule has 0 atom stereocenters. The summed E-state index contributed by atoms with van der Waals surface area (Å²) in [7, 11) is 2.85. The van der Waals surface area contributed by atoms with Crippen molar-refractivity contribution in [3.63, 3.8) is 0 Å². The van der Waals surface area contributed by atoms with Crippen LogP contribution < -0.4 is 22.2 Å². The Morgan fingerprint density at radius 2 is 1.08 bits per heavy atom. The second-order valence-electron chi connectivity index (χ2n) is 17.2. The monoisotopic (exact) mass is 892 g/mol. The fraction of sp³-hybridized carbons (Fsp3) is 0.417. The van der Waals surface area contributed by atoms with E-state index in [0.29, 0.717) is 63.7 Å². The minimum atomic E-state index is -1.09. The first-order chi connectivity index (χ1) is 30.4. The largest absolute Gasteiger partial charge is 0.478 e. The number of esters is 2. The Kier molecular flexibility index (Phi) is 14.1. The first-order valence-electron chi connectivity index (χ1n) is 21.8. The van der Waals surface area contributed by atoms with Crippen LogP contribution in [0.15, 0.2) is 82.6 Å². The van der Waals surface area contributed by atoms with E-state index in [4.69, 9.17) is 10.5 Å². The fourth-order valence-electron chi connectivity index (χ4n) is 8.80. The van der Waals surface area contributed by atoms with Crippen LogP contribution in [0.25, 0.3) is 33.1 Å². The number of hydrogen-bond acceptors (Lipinski definition) is 11. The molecule has 16 heteroatoms. The zero-order valence-corrected chi connectivity index (χ0v) is 36.7. The van der Waals surface area contributed by atoms with Crippen molar-refractivity contribution in [1.29, 1.82) is 0 Å². The van der Waals surface area contributed by atoms with Crippen molar-refractivity contribution in [3.05, 3.63) is 116 Å². The molecule has 4 aliphatic carbocycles. The van der Waals surface area contributed by atoms with Gasteiger partial charge in [0.2, 0.25) is 0 Å². The number of pyridine rings is 2. The molecule has 4 heterocycles. The summed E-state index contributed by atoms with van der Waals surface area (Å²) in [5.41, 5.74) is 9.75. The molecule has 2 aromatic carbocycles. The van der Waals surface area contributed by atoms with Gasteiger partial charge in [-0.25, -0.2) is 14.8 Å². The highest BCUT2D eigenvalue weighted by Gasteiger charge is 2.29. The number of hydrogen-bond donors (Lipinski definition) is 3. The van der Waals surface area contributed by atoms with Gasteiger partial charge in [0.05, 0.1) is 53.4 Å². The zero-order valence-electron chi connectivity index (χ0n) is 35.9. The maximum atomic E-state index is 13.1. The van der Waals surface area contributed by atoms with Gasteiger partial charge < -0.3 is 25.6 Å². The number of aromatic carboxylic acids is 1. The molecule has 4 aliphatic rings. The Morgan fingerprint density at radius 1 is 0.641 bits per heavy atom. The molecule has 4 saturated carbocycles. The molecule has 336 valence electrons. The lowest BCUT2D eigenvalue weighted by molar-refractivity contribution is -0.147. The summed E-state index contributed by atoms with van der Waals surface area (Å²) < 4.78 is 12.2. The first kappa shape index (κ1) is 45.8. The van der Waals surface area contributed by atoms with Crippen LogP contribution in [0.2, 0.25) is 0 Å². The van der Waals surface area contributed by atoms with Crippen molar-refractivity contribution in [1.82, 2.24) is 24.1 Å². The van der Waals surface area contributed by atoms with E-state index in [1.807, 2.05) is 36.4 Å². The van der Waals surface area contributed by atoms with Gasteiger partial charge in [0.1, 0.15) is 5.56 Å². The third kappa shape index (κ3) is 9.95. The molecule has 10 rings (SSSR count). The van der Waals surface area contributed by atoms with E-state index in [0.717, 1.165) is 56.9 Å². The van der Waals surface area contributed by atoms with Crippen molar-refractivity contribution in [3.8, 4) is 0 Å². The molecule has 15 nitrogen and oxygen atoms in total. The minimum absolute atomic E-state index is 0. The van der Waals surface area contributed by atoms with Crippen molar-refractivity contribution >= 4 is 69.3 Å². The summed E-state index contributed by atoms with van der Waals surface area (Å²) in [6.45, 7) is 0. The lowest BCUT2D eigenvalue weighted by Crippen LogP contribution is -2.39. The predicted octanol–water partition coefficient (Wildman–Crippen LogP) is 6.71. The van der Waals surface area contributed by atoms with E-state index in [1.54, 1.807) is 30.6 Å². The number of carbonyl (C=O) groups is 4. The van der Waals surface area contributed by atoms with Gasteiger partial charge in [-0.2, -0.15) is 0 Å². The number of amides is 1. The van der Waals surface area contributed by atoms with E-state index < -0.39 is 5.97 Å². The second-order valence-corrected chi connectivity index (χ2v) is 17.2. The average Bonchev–Trinajstić information content (AvgIpc) is 4.25. The Balaban J connectivity index is 0.000000160. The molecule has 4 fully saturated rings. The number of fused-ring (bicyclic) bond motifs is 4. The van der Waals surface area contributed by atoms with Gasteiger partial charge in [0.25, 0.3) is 17.0 Å². The Morgan fingerprint density at radius 3 is 1.52 bits per heavy atom. The number of rotatable bonds is 7. The number of carboxylic acid groups (broad SMARTS) is 1. The number of nitrogens with two attached hydrogens (primary N) is 1. The van der Waals surface area contributed by atoms with Crippen molar-refractivity contribution in [2.45, 2.75) is 101 Å². The first-order valence-corrected chi connectivity index (χ1v) is 21.8. The van der Waals surface area contributed by atoms with Gasteiger partial charge in [-0.1, -0.05) is 12.1 Å². The highest BCUT2D eigenvalue weighted by atomic mass is 35.5. The molecule has 0 radical (unpaired) electrons. The summed E-state index contributed by atoms with van der Waals surface area (Å²) in [6, 6.07) is 18.2. The lowest BCUT2D eigenvalue weighted by atomic mass is 9.86. The maximum Gasteiger partial charge on any atom is 0.339 e. The number of carbonyl (C=O) groups excluding carboxylic acids is 3. The van der Waals surface area contributed by atoms with E-state index in [9.17, 15) is 33.9 Å². The Labute approximate surface area is 374 Å². The van der Waals surface area contributed by atoms with Crippen molar-refractivity contribution < 1.29 is 33.8 Å². The number of benzene rings is 2. The predicted molar refractivity (Wildman–Crippen MR) is 243 cm³/mol. The van der Waals surface area contributed by atoms with Gasteiger partial charge in [-0.3, -0.25) is 32.8 Å². The molecule has 0 bridgehead atoms. The van der Waals surface area contributed by atoms with E-state index in [2.05, 4.69) is 20.0 Å². The van der Waals surface area contributed by atoms with Crippen LogP contribution in [0, 0.1) is 11.8 Å². The van der Waals surface area contributed by atoms with Crippen LogP contribution in [-0.2, 0) is 19.1 Å². The third-order valence-electron chi connectivity index (χ3n) is 12.8. The van der Waals surface area contributed by atoms with E-state index >= 15 is 0 Å². The topological polar surface area (TPSA) is 214 Å². The molecule has 0 spiro atoms. The molecule has 0 unspecified atom stereocenters. The van der Waals surface area contributed by atoms with E-state index in [-0.39, 0.29) is 70.5 Å². The summed E-state index contributed by atoms with van der Waals surface area (Å²) in [5.74, 6) is -0.469. The number of nitrogens with zero attached hydrogens (tertiary/aromatic N) is 4. The smallest absolute Gasteiger partial charge is 0.339 e. The number of aromatic nitrogens is 4. The van der Waals surface area contributed by atoms with Crippen LogP contribution in [0.4, 0.5) is 0 Å². The number of ether oxygens (including phenoxy) is 2. The SMILES string of the molecule is COC(=O)C1CCC(N)CC1.COC(=O)C1CCC(NC(=O)c2cccn3c(=O)c4cc(C5CC5)ccc4nc23)CC1.Cl.O=C(O)c1cccn2c(=O)c3cc(C4CC4)ccc3nc12. The lowest BCUT2D eigenvalue weighted by Gasteiger charge is -2.27. The van der Waals surface area contributed by atoms with Crippen LogP contribution in [0.3, 0.4) is 0 Å². The zero-order chi connectivity index (χ0) is 44.4. The van der Waals surface area contributed by atoms with Crippen LogP contribution in [-0.4, -0.2) is 74.0 Å². The molecular weight excluding hydrogens is 840 g/mol. The number of carboxylic acids is 1. The van der Waals surface area contributed by atoms with Gasteiger partial charge in [-0.05, 0) is 149 Å². The summed E-state index contributed by atoms with van der Waals surface area (Å²) in [6.07, 6.45) is 14.4. The summed E-state index contributed by atoms with van der Waals surface area (Å²) >= 11 is 0. The molecule has 4 aromatic heterocycles. The minimum Gasteiger partial charge on any atom is -0.478 e. The fourth-order valence-corrected chi connectivity index (χ4v) is 8.80. The highest BCUT2D eigenvalue weighted by molar-refractivity contribution is 6.01.